The number of hydrogen-bond acceptors (Lipinski definition) is 3. The van der Waals surface area contributed by atoms with Crippen molar-refractivity contribution in [2.45, 2.75) is 44.9 Å². The van der Waals surface area contributed by atoms with E-state index in [1.165, 1.54) is 25.7 Å². The second-order valence-electron chi connectivity index (χ2n) is 5.95. The molecule has 1 saturated heterocycles. The van der Waals surface area contributed by atoms with Crippen LogP contribution in [0.3, 0.4) is 0 Å². The first kappa shape index (κ1) is 15.3. The highest BCUT2D eigenvalue weighted by molar-refractivity contribution is 5.84. The van der Waals surface area contributed by atoms with Gasteiger partial charge in [-0.2, -0.15) is 0 Å². The van der Waals surface area contributed by atoms with Gasteiger partial charge in [0.25, 0.3) is 0 Å². The van der Waals surface area contributed by atoms with Crippen molar-refractivity contribution in [3.63, 3.8) is 0 Å². The van der Waals surface area contributed by atoms with Crippen LogP contribution < -0.4 is 10.6 Å². The summed E-state index contributed by atoms with van der Waals surface area (Å²) < 4.78 is 0. The molecule has 2 rings (SSSR count). The molecular formula is C15H27N3O2. The first-order chi connectivity index (χ1) is 9.75. The normalized spacial score (nSPS) is 20.7. The average Bonchev–Trinajstić information content (AvgIpc) is 2.83. The molecule has 0 aromatic rings. The molecule has 1 aliphatic heterocycles. The van der Waals surface area contributed by atoms with E-state index in [1.807, 2.05) is 4.90 Å². The van der Waals surface area contributed by atoms with Crippen molar-refractivity contribution in [3.05, 3.63) is 0 Å². The third-order valence-electron chi connectivity index (χ3n) is 4.38. The number of amides is 2. The molecule has 20 heavy (non-hydrogen) atoms. The van der Waals surface area contributed by atoms with E-state index in [1.54, 1.807) is 0 Å². The van der Waals surface area contributed by atoms with Crippen molar-refractivity contribution in [3.8, 4) is 0 Å². The van der Waals surface area contributed by atoms with Gasteiger partial charge in [0.15, 0.2) is 0 Å². The van der Waals surface area contributed by atoms with Crippen LogP contribution in [-0.4, -0.2) is 49.4 Å². The van der Waals surface area contributed by atoms with Crippen molar-refractivity contribution in [1.29, 1.82) is 0 Å². The summed E-state index contributed by atoms with van der Waals surface area (Å²) in [5.74, 6) is 0.800. The van der Waals surface area contributed by atoms with Crippen LogP contribution in [0, 0.1) is 5.92 Å². The largest absolute Gasteiger partial charge is 0.347 e. The third-order valence-corrected chi connectivity index (χ3v) is 4.38. The second kappa shape index (κ2) is 8.25. The summed E-state index contributed by atoms with van der Waals surface area (Å²) in [5, 5.41) is 6.04. The Kier molecular flexibility index (Phi) is 6.30. The van der Waals surface area contributed by atoms with E-state index >= 15 is 0 Å². The van der Waals surface area contributed by atoms with E-state index in [4.69, 9.17) is 0 Å². The van der Waals surface area contributed by atoms with Crippen molar-refractivity contribution < 1.29 is 9.59 Å². The van der Waals surface area contributed by atoms with Crippen LogP contribution in [0.2, 0.25) is 0 Å². The Morgan fingerprint density at radius 1 is 1.10 bits per heavy atom. The maximum Gasteiger partial charge on any atom is 0.242 e. The summed E-state index contributed by atoms with van der Waals surface area (Å²) in [4.78, 5) is 25.6. The van der Waals surface area contributed by atoms with Gasteiger partial charge in [0.05, 0.1) is 6.54 Å². The molecular weight excluding hydrogens is 254 g/mol. The highest BCUT2D eigenvalue weighted by Crippen LogP contribution is 2.28. The molecule has 1 heterocycles. The lowest BCUT2D eigenvalue weighted by Gasteiger charge is -2.20. The standard InChI is InChI=1S/C15H27N3O2/c19-14(7-6-13-4-1-2-5-13)17-12-15(20)18-10-3-8-16-9-11-18/h13,16H,1-12H2,(H,17,19). The Bertz CT molecular complexity index is 319. The van der Waals surface area contributed by atoms with Crippen LogP contribution in [0.1, 0.15) is 44.9 Å². The number of nitrogens with one attached hydrogen (secondary N) is 2. The zero-order valence-electron chi connectivity index (χ0n) is 12.3. The predicted molar refractivity (Wildman–Crippen MR) is 78.3 cm³/mol. The summed E-state index contributed by atoms with van der Waals surface area (Å²) in [7, 11) is 0. The molecule has 2 aliphatic rings. The van der Waals surface area contributed by atoms with Crippen LogP contribution in [-0.2, 0) is 9.59 Å². The minimum absolute atomic E-state index is 0.0261. The summed E-state index contributed by atoms with van der Waals surface area (Å²) in [6.07, 6.45) is 7.70. The molecule has 114 valence electrons. The van der Waals surface area contributed by atoms with E-state index in [0.29, 0.717) is 6.42 Å². The quantitative estimate of drug-likeness (QED) is 0.787. The first-order valence-corrected chi connectivity index (χ1v) is 8.01. The zero-order valence-corrected chi connectivity index (χ0v) is 12.3. The molecule has 2 N–H and O–H groups in total. The van der Waals surface area contributed by atoms with Crippen LogP contribution in [0.4, 0.5) is 0 Å². The highest BCUT2D eigenvalue weighted by atomic mass is 16.2. The Morgan fingerprint density at radius 3 is 2.70 bits per heavy atom. The van der Waals surface area contributed by atoms with Gasteiger partial charge in [0, 0.05) is 26.1 Å². The van der Waals surface area contributed by atoms with Gasteiger partial charge in [-0.3, -0.25) is 9.59 Å². The van der Waals surface area contributed by atoms with Crippen LogP contribution in [0.5, 0.6) is 0 Å². The molecule has 5 nitrogen and oxygen atoms in total. The van der Waals surface area contributed by atoms with Crippen LogP contribution >= 0.6 is 0 Å². The number of hydrogen-bond donors (Lipinski definition) is 2. The monoisotopic (exact) mass is 281 g/mol. The third kappa shape index (κ3) is 5.12. The Morgan fingerprint density at radius 2 is 1.90 bits per heavy atom. The molecule has 0 unspecified atom stereocenters. The molecule has 0 aromatic heterocycles. The van der Waals surface area contributed by atoms with Gasteiger partial charge in [0.2, 0.25) is 11.8 Å². The Hall–Kier alpha value is -1.10. The fourth-order valence-corrected chi connectivity index (χ4v) is 3.10. The topological polar surface area (TPSA) is 61.4 Å². The molecule has 2 fully saturated rings. The average molecular weight is 281 g/mol. The van der Waals surface area contributed by atoms with Crippen molar-refractivity contribution >= 4 is 11.8 Å². The van der Waals surface area contributed by atoms with Crippen LogP contribution in [0.15, 0.2) is 0 Å². The van der Waals surface area contributed by atoms with E-state index in [9.17, 15) is 9.59 Å². The molecule has 2 amide bonds. The van der Waals surface area contributed by atoms with Gasteiger partial charge < -0.3 is 15.5 Å². The minimum Gasteiger partial charge on any atom is -0.347 e. The maximum absolute atomic E-state index is 12.0. The van der Waals surface area contributed by atoms with Gasteiger partial charge in [-0.15, -0.1) is 0 Å². The lowest BCUT2D eigenvalue weighted by atomic mass is 10.0. The number of carbonyl (C=O) groups is 2. The fraction of sp³-hybridized carbons (Fsp3) is 0.867. The van der Waals surface area contributed by atoms with Gasteiger partial charge in [-0.25, -0.2) is 0 Å². The molecule has 1 aliphatic carbocycles. The zero-order chi connectivity index (χ0) is 14.2. The first-order valence-electron chi connectivity index (χ1n) is 8.01. The predicted octanol–water partition coefficient (Wildman–Crippen LogP) is 0.895. The summed E-state index contributed by atoms with van der Waals surface area (Å²) in [5.41, 5.74) is 0. The molecule has 0 aromatic carbocycles. The smallest absolute Gasteiger partial charge is 0.242 e. The van der Waals surface area contributed by atoms with Gasteiger partial charge in [-0.1, -0.05) is 25.7 Å². The van der Waals surface area contributed by atoms with E-state index in [0.717, 1.165) is 44.9 Å². The minimum atomic E-state index is 0.0261. The summed E-state index contributed by atoms with van der Waals surface area (Å²) in [6.45, 7) is 3.52. The molecule has 0 radical (unpaired) electrons. The number of rotatable bonds is 5. The second-order valence-corrected chi connectivity index (χ2v) is 5.95. The van der Waals surface area contributed by atoms with Gasteiger partial charge in [0.1, 0.15) is 0 Å². The molecule has 0 spiro atoms. The van der Waals surface area contributed by atoms with E-state index in [2.05, 4.69) is 10.6 Å². The maximum atomic E-state index is 12.0. The van der Waals surface area contributed by atoms with Crippen molar-refractivity contribution in [2.75, 3.05) is 32.7 Å². The fourth-order valence-electron chi connectivity index (χ4n) is 3.10. The van der Waals surface area contributed by atoms with Gasteiger partial charge >= 0.3 is 0 Å². The van der Waals surface area contributed by atoms with Crippen molar-refractivity contribution in [1.82, 2.24) is 15.5 Å². The molecule has 0 atom stereocenters. The number of carbonyl (C=O) groups excluding carboxylic acids is 2. The van der Waals surface area contributed by atoms with Gasteiger partial charge in [-0.05, 0) is 25.3 Å². The number of nitrogens with zero attached hydrogens (tertiary/aromatic N) is 1. The molecule has 0 bridgehead atoms. The van der Waals surface area contributed by atoms with Crippen molar-refractivity contribution in [2.24, 2.45) is 5.92 Å². The summed E-state index contributed by atoms with van der Waals surface area (Å²) in [6, 6.07) is 0. The molecule has 1 saturated carbocycles. The van der Waals surface area contributed by atoms with E-state index in [-0.39, 0.29) is 18.4 Å². The molecule has 5 heteroatoms. The lowest BCUT2D eigenvalue weighted by molar-refractivity contribution is -0.132. The van der Waals surface area contributed by atoms with E-state index < -0.39 is 0 Å². The Balaban J connectivity index is 1.60. The van der Waals surface area contributed by atoms with Crippen LogP contribution in [0.25, 0.3) is 0 Å². The highest BCUT2D eigenvalue weighted by Gasteiger charge is 2.18. The Labute approximate surface area is 121 Å². The SMILES string of the molecule is O=C(CCC1CCCC1)NCC(=O)N1CCCNCC1. The summed E-state index contributed by atoms with van der Waals surface area (Å²) >= 11 is 0. The lowest BCUT2D eigenvalue weighted by Crippen LogP contribution is -2.41.